The van der Waals surface area contributed by atoms with Crippen LogP contribution in [-0.2, 0) is 14.3 Å². The van der Waals surface area contributed by atoms with Gasteiger partial charge in [-0.1, -0.05) is 35.9 Å². The molecule has 5 rings (SSSR count). The second kappa shape index (κ2) is 11.3. The Balaban J connectivity index is 1.28. The number of benzene rings is 3. The first-order valence-electron chi connectivity index (χ1n) is 12.4. The Labute approximate surface area is 232 Å². The maximum atomic E-state index is 12.7. The summed E-state index contributed by atoms with van der Waals surface area (Å²) in [5, 5.41) is 50.4. The number of phenolic OH excluding ortho intramolecular Hbond substituents is 3. The number of rotatable bonds is 6. The van der Waals surface area contributed by atoms with E-state index in [-0.39, 0.29) is 34.0 Å². The van der Waals surface area contributed by atoms with E-state index in [1.165, 1.54) is 36.4 Å². The fourth-order valence-electron chi connectivity index (χ4n) is 4.15. The smallest absolute Gasteiger partial charge is 0.331 e. The number of phenols is 3. The van der Waals surface area contributed by atoms with Gasteiger partial charge in [-0.3, -0.25) is 4.79 Å². The first-order valence-corrected chi connectivity index (χ1v) is 12.4. The van der Waals surface area contributed by atoms with Crippen molar-refractivity contribution in [3.8, 4) is 34.3 Å². The average Bonchev–Trinajstić information content (AvgIpc) is 2.93. The number of aliphatic hydroxyl groups is 2. The van der Waals surface area contributed by atoms with E-state index in [1.54, 1.807) is 12.1 Å². The minimum absolute atomic E-state index is 0.0263. The molecule has 11 nitrogen and oxygen atoms in total. The summed E-state index contributed by atoms with van der Waals surface area (Å²) in [7, 11) is 0. The van der Waals surface area contributed by atoms with Crippen LogP contribution in [0.2, 0.25) is 0 Å². The highest BCUT2D eigenvalue weighted by molar-refractivity contribution is 5.87. The van der Waals surface area contributed by atoms with Gasteiger partial charge in [0.2, 0.25) is 6.29 Å². The zero-order valence-corrected chi connectivity index (χ0v) is 21.5. The summed E-state index contributed by atoms with van der Waals surface area (Å²) in [6, 6.07) is 15.0. The van der Waals surface area contributed by atoms with Crippen molar-refractivity contribution in [2.75, 3.05) is 0 Å². The second-order valence-corrected chi connectivity index (χ2v) is 9.38. The highest BCUT2D eigenvalue weighted by atomic mass is 16.7. The van der Waals surface area contributed by atoms with Crippen molar-refractivity contribution in [3.05, 3.63) is 94.7 Å². The maximum Gasteiger partial charge on any atom is 0.331 e. The quantitative estimate of drug-likeness (QED) is 0.133. The van der Waals surface area contributed by atoms with Gasteiger partial charge in [0.05, 0.1) is 0 Å². The van der Waals surface area contributed by atoms with Gasteiger partial charge in [-0.25, -0.2) is 4.79 Å². The molecule has 0 bridgehead atoms. The van der Waals surface area contributed by atoms with Crippen molar-refractivity contribution in [2.45, 2.75) is 31.5 Å². The molecule has 41 heavy (non-hydrogen) atoms. The van der Waals surface area contributed by atoms with Gasteiger partial charge in [0.25, 0.3) is 0 Å². The van der Waals surface area contributed by atoms with Crippen molar-refractivity contribution in [3.63, 3.8) is 0 Å². The number of aliphatic hydroxyl groups excluding tert-OH is 2. The molecule has 5 N–H and O–H groups in total. The number of aryl methyl sites for hydroxylation is 1. The number of hydrogen-bond donors (Lipinski definition) is 5. The number of esters is 1. The molecule has 4 aromatic rings. The topological polar surface area (TPSA) is 176 Å². The number of hydrogen-bond acceptors (Lipinski definition) is 11. The van der Waals surface area contributed by atoms with Gasteiger partial charge < -0.3 is 44.2 Å². The second-order valence-electron chi connectivity index (χ2n) is 9.38. The Bertz CT molecular complexity index is 1670. The zero-order valence-electron chi connectivity index (χ0n) is 21.5. The zero-order chi connectivity index (χ0) is 29.3. The number of aromatic hydroxyl groups is 3. The SMILES string of the molecule is Cc1ccc(-c2cc(=O)c3c(O)cc(OC4O[CH]C(OC(=O)/C=C/c5ccc(O)c(O)c5)C(O)C4O)cc3o2)cc1. The van der Waals surface area contributed by atoms with Gasteiger partial charge in [-0.05, 0) is 30.7 Å². The van der Waals surface area contributed by atoms with E-state index < -0.39 is 41.7 Å². The van der Waals surface area contributed by atoms with Crippen LogP contribution in [-0.4, -0.2) is 56.1 Å². The van der Waals surface area contributed by atoms with Crippen molar-refractivity contribution >= 4 is 23.0 Å². The van der Waals surface area contributed by atoms with Crippen LogP contribution >= 0.6 is 0 Å². The van der Waals surface area contributed by atoms with Crippen LogP contribution < -0.4 is 10.2 Å². The molecule has 0 aliphatic carbocycles. The van der Waals surface area contributed by atoms with Gasteiger partial charge >= 0.3 is 5.97 Å². The summed E-state index contributed by atoms with van der Waals surface area (Å²) in [5.74, 6) is -1.74. The molecule has 0 saturated carbocycles. The minimum Gasteiger partial charge on any atom is -0.507 e. The van der Waals surface area contributed by atoms with Crippen molar-refractivity contribution in [1.82, 2.24) is 0 Å². The average molecular weight is 562 g/mol. The standard InChI is InChI=1S/C30H25O11/c1-15-2-6-17(7-3-15)23-13-22(34)27-21(33)11-18(12-24(27)40-23)39-30-29(37)28(36)25(14-38-30)41-26(35)9-5-16-4-8-19(31)20(32)10-16/h2-14,25,28-33,36-37H,1H3/b9-5+. The molecule has 1 aliphatic rings. The molecule has 1 fully saturated rings. The molecule has 211 valence electrons. The van der Waals surface area contributed by atoms with E-state index in [9.17, 15) is 35.1 Å². The fourth-order valence-corrected chi connectivity index (χ4v) is 4.15. The van der Waals surface area contributed by atoms with Crippen LogP contribution in [0.25, 0.3) is 28.4 Å². The first-order chi connectivity index (χ1) is 19.6. The summed E-state index contributed by atoms with van der Waals surface area (Å²) in [6.45, 7) is 2.91. The third kappa shape index (κ3) is 6.02. The lowest BCUT2D eigenvalue weighted by molar-refractivity contribution is -0.225. The van der Waals surface area contributed by atoms with Gasteiger partial charge in [-0.15, -0.1) is 0 Å². The number of fused-ring (bicyclic) bond motifs is 1. The molecule has 1 aliphatic heterocycles. The van der Waals surface area contributed by atoms with E-state index in [1.807, 2.05) is 19.1 Å². The summed E-state index contributed by atoms with van der Waals surface area (Å²) < 4.78 is 22.0. The predicted molar refractivity (Wildman–Crippen MR) is 145 cm³/mol. The molecule has 1 saturated heterocycles. The fraction of sp³-hybridized carbons (Fsp3) is 0.167. The Hall–Kier alpha value is -4.84. The number of ether oxygens (including phenoxy) is 3. The lowest BCUT2D eigenvalue weighted by atomic mass is 10.1. The summed E-state index contributed by atoms with van der Waals surface area (Å²) in [5.41, 5.74) is 1.64. The molecule has 4 atom stereocenters. The van der Waals surface area contributed by atoms with Crippen LogP contribution in [0.5, 0.6) is 23.0 Å². The Morgan fingerprint density at radius 1 is 0.902 bits per heavy atom. The van der Waals surface area contributed by atoms with E-state index >= 15 is 0 Å². The van der Waals surface area contributed by atoms with Crippen molar-refractivity contribution < 1.29 is 49.0 Å². The summed E-state index contributed by atoms with van der Waals surface area (Å²) in [6.07, 6.45) is -3.79. The lowest BCUT2D eigenvalue weighted by Crippen LogP contribution is -2.54. The van der Waals surface area contributed by atoms with Gasteiger partial charge in [0.15, 0.2) is 23.0 Å². The molecule has 11 heteroatoms. The molecule has 1 aromatic heterocycles. The Morgan fingerprint density at radius 3 is 2.39 bits per heavy atom. The molecule has 4 unspecified atom stereocenters. The van der Waals surface area contributed by atoms with E-state index in [0.717, 1.165) is 24.3 Å². The van der Waals surface area contributed by atoms with Gasteiger partial charge in [0, 0.05) is 29.8 Å². The maximum absolute atomic E-state index is 12.7. The molecular weight excluding hydrogens is 536 g/mol. The molecule has 0 spiro atoms. The van der Waals surface area contributed by atoms with Crippen molar-refractivity contribution in [2.24, 2.45) is 0 Å². The van der Waals surface area contributed by atoms with E-state index in [2.05, 4.69) is 0 Å². The summed E-state index contributed by atoms with van der Waals surface area (Å²) >= 11 is 0. The van der Waals surface area contributed by atoms with Crippen LogP contribution in [0.1, 0.15) is 11.1 Å². The normalized spacial score (nSPS) is 20.8. The Morgan fingerprint density at radius 2 is 1.66 bits per heavy atom. The molecule has 2 heterocycles. The molecule has 1 radical (unpaired) electrons. The molecular formula is C30H25O11. The number of carbonyl (C=O) groups is 1. The highest BCUT2D eigenvalue weighted by Crippen LogP contribution is 2.33. The van der Waals surface area contributed by atoms with Crippen LogP contribution in [0, 0.1) is 13.5 Å². The third-order valence-electron chi connectivity index (χ3n) is 6.35. The molecule has 3 aromatic carbocycles. The van der Waals surface area contributed by atoms with Crippen LogP contribution in [0.15, 0.2) is 76.0 Å². The van der Waals surface area contributed by atoms with Crippen LogP contribution in [0.3, 0.4) is 0 Å². The van der Waals surface area contributed by atoms with E-state index in [4.69, 9.17) is 18.6 Å². The minimum atomic E-state index is -1.68. The molecule has 0 amide bonds. The number of carbonyl (C=O) groups excluding carboxylic acids is 1. The predicted octanol–water partition coefficient (Wildman–Crippen LogP) is 3.13. The van der Waals surface area contributed by atoms with E-state index in [0.29, 0.717) is 11.1 Å². The lowest BCUT2D eigenvalue weighted by Gasteiger charge is -2.36. The van der Waals surface area contributed by atoms with Gasteiger partial charge in [-0.2, -0.15) is 0 Å². The highest BCUT2D eigenvalue weighted by Gasteiger charge is 2.42. The van der Waals surface area contributed by atoms with Crippen molar-refractivity contribution in [1.29, 1.82) is 0 Å². The van der Waals surface area contributed by atoms with Gasteiger partial charge in [0.1, 0.15) is 47.0 Å². The summed E-state index contributed by atoms with van der Waals surface area (Å²) in [4.78, 5) is 24.9. The first kappa shape index (κ1) is 27.7. The third-order valence-corrected chi connectivity index (χ3v) is 6.35. The Kier molecular flexibility index (Phi) is 7.66. The van der Waals surface area contributed by atoms with Crippen LogP contribution in [0.4, 0.5) is 0 Å². The largest absolute Gasteiger partial charge is 0.507 e. The monoisotopic (exact) mass is 561 g/mol.